The molecule has 0 radical (unpaired) electrons. The van der Waals surface area contributed by atoms with Crippen LogP contribution in [0.3, 0.4) is 0 Å². The number of ether oxygens (including phenoxy) is 1. The van der Waals surface area contributed by atoms with Crippen LogP contribution in [0.1, 0.15) is 13.8 Å². The summed E-state index contributed by atoms with van der Waals surface area (Å²) in [5.74, 6) is -0.486. The van der Waals surface area contributed by atoms with Crippen LogP contribution in [0, 0.1) is 5.41 Å². The molecule has 1 heterocycles. The second kappa shape index (κ2) is 6.55. The van der Waals surface area contributed by atoms with E-state index in [1.807, 2.05) is 0 Å². The van der Waals surface area contributed by atoms with E-state index in [1.54, 1.807) is 38.1 Å². The van der Waals surface area contributed by atoms with E-state index < -0.39 is 17.4 Å². The van der Waals surface area contributed by atoms with Gasteiger partial charge in [0.2, 0.25) is 5.91 Å². The summed E-state index contributed by atoms with van der Waals surface area (Å²) in [5.41, 5.74) is 5.69. The second-order valence-electron chi connectivity index (χ2n) is 5.87. The van der Waals surface area contributed by atoms with Crippen LogP contribution in [0.2, 0.25) is 0 Å². The number of urea groups is 1. The highest BCUT2D eigenvalue weighted by atomic mass is 16.6. The van der Waals surface area contributed by atoms with Gasteiger partial charge in [-0.2, -0.15) is 0 Å². The molecule has 0 spiro atoms. The Bertz CT molecular complexity index is 612. The quantitative estimate of drug-likeness (QED) is 0.758. The zero-order valence-electron chi connectivity index (χ0n) is 13.1. The van der Waals surface area contributed by atoms with Gasteiger partial charge in [-0.1, -0.05) is 0 Å². The van der Waals surface area contributed by atoms with Crippen molar-refractivity contribution < 1.29 is 19.1 Å². The summed E-state index contributed by atoms with van der Waals surface area (Å²) in [6.07, 6.45) is -0.378. The van der Waals surface area contributed by atoms with Crippen LogP contribution < -0.4 is 21.3 Å². The number of nitrogens with two attached hydrogens (primary N) is 1. The Morgan fingerprint density at radius 3 is 2.48 bits per heavy atom. The molecule has 8 nitrogen and oxygen atoms in total. The largest absolute Gasteiger partial charge is 0.447 e. The van der Waals surface area contributed by atoms with Crippen LogP contribution in [0.4, 0.5) is 21.0 Å². The van der Waals surface area contributed by atoms with Crippen LogP contribution in [-0.2, 0) is 9.53 Å². The fourth-order valence-electron chi connectivity index (χ4n) is 1.92. The minimum absolute atomic E-state index is 0.131. The molecule has 0 bridgehead atoms. The lowest BCUT2D eigenvalue weighted by molar-refractivity contribution is -0.125. The van der Waals surface area contributed by atoms with Gasteiger partial charge < -0.3 is 21.1 Å². The molecule has 1 fully saturated rings. The van der Waals surface area contributed by atoms with Crippen molar-refractivity contribution in [2.45, 2.75) is 13.8 Å². The highest BCUT2D eigenvalue weighted by Crippen LogP contribution is 2.21. The number of cyclic esters (lactones) is 1. The Kier molecular flexibility index (Phi) is 4.73. The number of anilines is 2. The van der Waals surface area contributed by atoms with Crippen LogP contribution in [-0.4, -0.2) is 37.7 Å². The first-order chi connectivity index (χ1) is 10.8. The molecule has 1 aliphatic heterocycles. The van der Waals surface area contributed by atoms with Crippen molar-refractivity contribution >= 4 is 29.4 Å². The molecule has 1 aromatic carbocycles. The summed E-state index contributed by atoms with van der Waals surface area (Å²) in [5, 5.41) is 5.24. The van der Waals surface area contributed by atoms with E-state index in [9.17, 15) is 14.4 Å². The zero-order chi connectivity index (χ0) is 17.0. The van der Waals surface area contributed by atoms with Gasteiger partial charge in [-0.15, -0.1) is 0 Å². The fourth-order valence-corrected chi connectivity index (χ4v) is 1.92. The first-order valence-corrected chi connectivity index (χ1v) is 7.19. The Morgan fingerprint density at radius 2 is 1.96 bits per heavy atom. The Labute approximate surface area is 134 Å². The van der Waals surface area contributed by atoms with E-state index in [0.29, 0.717) is 24.5 Å². The lowest BCUT2D eigenvalue weighted by atomic mass is 9.93. The summed E-state index contributed by atoms with van der Waals surface area (Å²) in [4.78, 5) is 36.0. The number of carbonyl (C=O) groups is 3. The van der Waals surface area contributed by atoms with Crippen LogP contribution in [0.5, 0.6) is 0 Å². The summed E-state index contributed by atoms with van der Waals surface area (Å²) < 4.78 is 4.87. The van der Waals surface area contributed by atoms with Crippen LogP contribution in [0.15, 0.2) is 24.3 Å². The van der Waals surface area contributed by atoms with Gasteiger partial charge >= 0.3 is 12.1 Å². The van der Waals surface area contributed by atoms with Crippen molar-refractivity contribution in [2.75, 3.05) is 29.9 Å². The number of rotatable bonds is 5. The molecule has 0 unspecified atom stereocenters. The lowest BCUT2D eigenvalue weighted by Crippen LogP contribution is -2.43. The molecule has 1 aromatic rings. The summed E-state index contributed by atoms with van der Waals surface area (Å²) >= 11 is 0. The summed E-state index contributed by atoms with van der Waals surface area (Å²) in [6, 6.07) is 6.36. The smallest absolute Gasteiger partial charge is 0.414 e. The molecule has 2 rings (SSSR count). The predicted molar refractivity (Wildman–Crippen MR) is 85.1 cm³/mol. The maximum atomic E-state index is 11.8. The molecule has 0 aromatic heterocycles. The number of hydrogen-bond acceptors (Lipinski definition) is 4. The molecule has 1 aliphatic rings. The maximum absolute atomic E-state index is 11.8. The number of hydrogen-bond donors (Lipinski definition) is 3. The normalized spacial score (nSPS) is 14.3. The number of amides is 4. The molecule has 0 aliphatic carbocycles. The summed E-state index contributed by atoms with van der Waals surface area (Å²) in [6.45, 7) is 4.32. The van der Waals surface area contributed by atoms with Crippen LogP contribution in [0.25, 0.3) is 0 Å². The maximum Gasteiger partial charge on any atom is 0.414 e. The summed E-state index contributed by atoms with van der Waals surface area (Å²) in [7, 11) is 0. The lowest BCUT2D eigenvalue weighted by Gasteiger charge is -2.20. The van der Waals surface area contributed by atoms with Gasteiger partial charge in [-0.25, -0.2) is 9.59 Å². The average molecular weight is 320 g/mol. The zero-order valence-corrected chi connectivity index (χ0v) is 13.1. The SMILES string of the molecule is CC(C)(CNC(=O)Nc1ccc(N2CCOC2=O)cc1)C(N)=O. The van der Waals surface area contributed by atoms with Crippen molar-refractivity contribution in [2.24, 2.45) is 11.1 Å². The predicted octanol–water partition coefficient (Wildman–Crippen LogP) is 1.28. The number of primary amides is 1. The third-order valence-electron chi connectivity index (χ3n) is 3.56. The topological polar surface area (TPSA) is 114 Å². The van der Waals surface area contributed by atoms with E-state index in [0.717, 1.165) is 0 Å². The van der Waals surface area contributed by atoms with Crippen molar-refractivity contribution in [3.63, 3.8) is 0 Å². The molecular weight excluding hydrogens is 300 g/mol. The third kappa shape index (κ3) is 4.12. The van der Waals surface area contributed by atoms with E-state index in [2.05, 4.69) is 10.6 Å². The molecule has 0 atom stereocenters. The minimum Gasteiger partial charge on any atom is -0.447 e. The van der Waals surface area contributed by atoms with Gasteiger partial charge in [-0.3, -0.25) is 9.69 Å². The van der Waals surface area contributed by atoms with E-state index in [4.69, 9.17) is 10.5 Å². The molecule has 4 N–H and O–H groups in total. The van der Waals surface area contributed by atoms with Gasteiger partial charge in [0.05, 0.1) is 12.0 Å². The fraction of sp³-hybridized carbons (Fsp3) is 0.400. The number of carbonyl (C=O) groups excluding carboxylic acids is 3. The van der Waals surface area contributed by atoms with Crippen molar-refractivity contribution in [3.8, 4) is 0 Å². The molecule has 124 valence electrons. The second-order valence-corrected chi connectivity index (χ2v) is 5.87. The highest BCUT2D eigenvalue weighted by molar-refractivity contribution is 5.92. The van der Waals surface area contributed by atoms with Gasteiger partial charge in [-0.05, 0) is 38.1 Å². The standard InChI is InChI=1S/C15H20N4O4/c1-15(2,12(16)20)9-17-13(21)18-10-3-5-11(6-4-10)19-7-8-23-14(19)22/h3-6H,7-9H2,1-2H3,(H2,16,20)(H2,17,18,21). The highest BCUT2D eigenvalue weighted by Gasteiger charge is 2.25. The average Bonchev–Trinajstić information content (AvgIpc) is 2.92. The number of nitrogens with one attached hydrogen (secondary N) is 2. The Balaban J connectivity index is 1.89. The Morgan fingerprint density at radius 1 is 1.30 bits per heavy atom. The molecule has 8 heteroatoms. The third-order valence-corrected chi connectivity index (χ3v) is 3.56. The van der Waals surface area contributed by atoms with Gasteiger partial charge in [0.15, 0.2) is 0 Å². The van der Waals surface area contributed by atoms with E-state index in [-0.39, 0.29) is 12.6 Å². The van der Waals surface area contributed by atoms with Crippen LogP contribution >= 0.6 is 0 Å². The molecular formula is C15H20N4O4. The van der Waals surface area contributed by atoms with E-state index in [1.165, 1.54) is 4.90 Å². The first-order valence-electron chi connectivity index (χ1n) is 7.19. The van der Waals surface area contributed by atoms with Gasteiger partial charge in [0.1, 0.15) is 6.61 Å². The van der Waals surface area contributed by atoms with Crippen molar-refractivity contribution in [1.29, 1.82) is 0 Å². The monoisotopic (exact) mass is 320 g/mol. The van der Waals surface area contributed by atoms with E-state index >= 15 is 0 Å². The molecule has 23 heavy (non-hydrogen) atoms. The van der Waals surface area contributed by atoms with Gasteiger partial charge in [0, 0.05) is 17.9 Å². The first kappa shape index (κ1) is 16.6. The number of nitrogens with zero attached hydrogens (tertiary/aromatic N) is 1. The molecule has 4 amide bonds. The molecule has 1 saturated heterocycles. The Hall–Kier alpha value is -2.77. The van der Waals surface area contributed by atoms with Gasteiger partial charge in [0.25, 0.3) is 0 Å². The number of benzene rings is 1. The van der Waals surface area contributed by atoms with Crippen molar-refractivity contribution in [3.05, 3.63) is 24.3 Å². The molecule has 0 saturated carbocycles. The minimum atomic E-state index is -0.822. The van der Waals surface area contributed by atoms with Crippen molar-refractivity contribution in [1.82, 2.24) is 5.32 Å².